The van der Waals surface area contributed by atoms with Crippen molar-refractivity contribution in [2.75, 3.05) is 0 Å². The van der Waals surface area contributed by atoms with E-state index >= 15 is 0 Å². The zero-order valence-corrected chi connectivity index (χ0v) is 6.03. The molecule has 0 aromatic rings. The summed E-state index contributed by atoms with van der Waals surface area (Å²) in [7, 11) is 0. The van der Waals surface area contributed by atoms with E-state index in [0.717, 1.165) is 0 Å². The predicted molar refractivity (Wildman–Crippen MR) is 47.3 cm³/mol. The van der Waals surface area contributed by atoms with Gasteiger partial charge in [0.15, 0.2) is 0 Å². The third-order valence-electron chi connectivity index (χ3n) is 0.828. The molecular formula is C10H12. The molecule has 0 atom stereocenters. The first-order chi connectivity index (χ1) is 4.91. The quantitative estimate of drug-likeness (QED) is 0.518. The third-order valence-corrected chi connectivity index (χ3v) is 0.828. The van der Waals surface area contributed by atoms with Gasteiger partial charge >= 0.3 is 0 Å². The maximum Gasteiger partial charge on any atom is -0.0313 e. The van der Waals surface area contributed by atoms with E-state index in [1.54, 1.807) is 12.2 Å². The minimum Gasteiger partial charge on any atom is -0.0842 e. The van der Waals surface area contributed by atoms with Crippen LogP contribution in [-0.2, 0) is 0 Å². The molecule has 0 heterocycles. The Balaban J connectivity index is 3.51. The molecule has 0 unspecified atom stereocenters. The second-order valence-electron chi connectivity index (χ2n) is 1.63. The van der Waals surface area contributed by atoms with Gasteiger partial charge in [0, 0.05) is 0 Å². The van der Waals surface area contributed by atoms with Crippen molar-refractivity contribution < 1.29 is 0 Å². The lowest BCUT2D eigenvalue weighted by molar-refractivity contribution is 1.86. The van der Waals surface area contributed by atoms with E-state index in [0.29, 0.717) is 0 Å². The molecule has 0 bridgehead atoms. The molecule has 0 fully saturated rings. The molecule has 0 nitrogen and oxygen atoms in total. The van der Waals surface area contributed by atoms with E-state index in [4.69, 9.17) is 0 Å². The van der Waals surface area contributed by atoms with Gasteiger partial charge < -0.3 is 0 Å². The van der Waals surface area contributed by atoms with Crippen molar-refractivity contribution in [1.82, 2.24) is 0 Å². The van der Waals surface area contributed by atoms with Crippen molar-refractivity contribution in [2.45, 2.75) is 0 Å². The summed E-state index contributed by atoms with van der Waals surface area (Å²) < 4.78 is 0. The van der Waals surface area contributed by atoms with E-state index in [1.165, 1.54) is 0 Å². The van der Waals surface area contributed by atoms with Crippen molar-refractivity contribution in [2.24, 2.45) is 0 Å². The van der Waals surface area contributed by atoms with E-state index in [1.807, 2.05) is 36.5 Å². The molecule has 0 saturated carbocycles. The minimum atomic E-state index is 1.74. The van der Waals surface area contributed by atoms with E-state index in [2.05, 4.69) is 13.8 Å². The van der Waals surface area contributed by atoms with E-state index < -0.39 is 0 Å². The van der Waals surface area contributed by atoms with Crippen molar-refractivity contribution in [1.29, 1.82) is 0 Å². The lowest BCUT2D eigenvalue weighted by Gasteiger charge is -1.71. The topological polar surface area (TPSA) is 0 Å². The first-order valence-corrected chi connectivity index (χ1v) is 3.15. The SMILES string of the molecule is [CH2]/C=C/C=C/C=C/C=C/[CH2]. The van der Waals surface area contributed by atoms with E-state index in [-0.39, 0.29) is 0 Å². The van der Waals surface area contributed by atoms with Crippen LogP contribution in [0.25, 0.3) is 0 Å². The fraction of sp³-hybridized carbons (Fsp3) is 0. The van der Waals surface area contributed by atoms with Crippen LogP contribution in [0.3, 0.4) is 0 Å². The minimum absolute atomic E-state index is 1.74. The standard InChI is InChI=1S/C10H12/c1-3-5-7-9-10-8-6-4-2/h3-10H,1-2H2/b5-3+,6-4+,9-7+,10-8+. The largest absolute Gasteiger partial charge is 0.0842 e. The fourth-order valence-electron chi connectivity index (χ4n) is 0.414. The molecule has 0 aliphatic rings. The Hall–Kier alpha value is -1.04. The van der Waals surface area contributed by atoms with Gasteiger partial charge in [-0.2, -0.15) is 0 Å². The van der Waals surface area contributed by atoms with Crippen LogP contribution >= 0.6 is 0 Å². The van der Waals surface area contributed by atoms with Gasteiger partial charge in [-0.15, -0.1) is 0 Å². The van der Waals surface area contributed by atoms with Gasteiger partial charge in [-0.1, -0.05) is 48.6 Å². The summed E-state index contributed by atoms with van der Waals surface area (Å²) in [5, 5.41) is 0. The zero-order valence-electron chi connectivity index (χ0n) is 6.03. The van der Waals surface area contributed by atoms with Crippen LogP contribution in [0, 0.1) is 13.8 Å². The normalized spacial score (nSPS) is 13.4. The molecule has 0 aromatic carbocycles. The highest BCUT2D eigenvalue weighted by Gasteiger charge is 1.58. The van der Waals surface area contributed by atoms with Gasteiger partial charge in [-0.05, 0) is 13.8 Å². The Bertz CT molecular complexity index is 137. The summed E-state index contributed by atoms with van der Waals surface area (Å²) in [5.41, 5.74) is 0. The van der Waals surface area contributed by atoms with Gasteiger partial charge in [0.25, 0.3) is 0 Å². The Morgan fingerprint density at radius 1 is 0.500 bits per heavy atom. The molecule has 0 aromatic heterocycles. The van der Waals surface area contributed by atoms with Crippen LogP contribution in [0.1, 0.15) is 0 Å². The van der Waals surface area contributed by atoms with Gasteiger partial charge in [-0.25, -0.2) is 0 Å². The molecule has 0 saturated heterocycles. The summed E-state index contributed by atoms with van der Waals surface area (Å²) >= 11 is 0. The molecule has 0 N–H and O–H groups in total. The second kappa shape index (κ2) is 7.96. The van der Waals surface area contributed by atoms with Crippen LogP contribution in [0.15, 0.2) is 48.6 Å². The molecule has 0 aliphatic carbocycles. The number of hydrogen-bond acceptors (Lipinski definition) is 0. The summed E-state index contributed by atoms with van der Waals surface area (Å²) in [6.45, 7) is 7.08. The van der Waals surface area contributed by atoms with Crippen molar-refractivity contribution in [3.63, 3.8) is 0 Å². The van der Waals surface area contributed by atoms with E-state index in [9.17, 15) is 0 Å². The summed E-state index contributed by atoms with van der Waals surface area (Å²) in [6, 6.07) is 0. The molecular weight excluding hydrogens is 120 g/mol. The summed E-state index contributed by atoms with van der Waals surface area (Å²) in [4.78, 5) is 0. The van der Waals surface area contributed by atoms with Crippen molar-refractivity contribution in [3.8, 4) is 0 Å². The molecule has 52 valence electrons. The summed E-state index contributed by atoms with van der Waals surface area (Å²) in [5.74, 6) is 0. The lowest BCUT2D eigenvalue weighted by atomic mass is 10.4. The molecule has 0 rings (SSSR count). The maximum atomic E-state index is 3.54. The molecule has 0 spiro atoms. The zero-order chi connectivity index (χ0) is 7.66. The van der Waals surface area contributed by atoms with Crippen molar-refractivity contribution in [3.05, 3.63) is 62.5 Å². The third kappa shape index (κ3) is 6.96. The van der Waals surface area contributed by atoms with Gasteiger partial charge in [0.1, 0.15) is 0 Å². The van der Waals surface area contributed by atoms with Gasteiger partial charge in [0.2, 0.25) is 0 Å². The van der Waals surface area contributed by atoms with Crippen LogP contribution < -0.4 is 0 Å². The fourth-order valence-corrected chi connectivity index (χ4v) is 0.414. The Kier molecular flexibility index (Phi) is 7.13. The van der Waals surface area contributed by atoms with Gasteiger partial charge in [-0.3, -0.25) is 0 Å². The lowest BCUT2D eigenvalue weighted by Crippen LogP contribution is -1.49. The molecule has 0 amide bonds. The van der Waals surface area contributed by atoms with Crippen LogP contribution in [0.5, 0.6) is 0 Å². The Labute approximate surface area is 63.3 Å². The molecule has 0 heteroatoms. The second-order valence-corrected chi connectivity index (χ2v) is 1.63. The van der Waals surface area contributed by atoms with Crippen LogP contribution in [-0.4, -0.2) is 0 Å². The average molecular weight is 132 g/mol. The van der Waals surface area contributed by atoms with Crippen molar-refractivity contribution >= 4 is 0 Å². The van der Waals surface area contributed by atoms with Crippen LogP contribution in [0.2, 0.25) is 0 Å². The monoisotopic (exact) mass is 132 g/mol. The Morgan fingerprint density at radius 2 is 0.800 bits per heavy atom. The highest BCUT2D eigenvalue weighted by atomic mass is 13.7. The first-order valence-electron chi connectivity index (χ1n) is 3.15. The molecule has 2 radical (unpaired) electrons. The van der Waals surface area contributed by atoms with Crippen LogP contribution in [0.4, 0.5) is 0 Å². The average Bonchev–Trinajstić information content (AvgIpc) is 1.97. The highest BCUT2D eigenvalue weighted by Crippen LogP contribution is 1.80. The smallest absolute Gasteiger partial charge is 0.0313 e. The summed E-state index contributed by atoms with van der Waals surface area (Å²) in [6.07, 6.45) is 14.9. The molecule has 10 heavy (non-hydrogen) atoms. The number of rotatable bonds is 3. The number of allylic oxidation sites excluding steroid dienone is 8. The Morgan fingerprint density at radius 3 is 1.10 bits per heavy atom. The molecule has 0 aliphatic heterocycles. The first kappa shape index (κ1) is 8.96. The number of hydrogen-bond donors (Lipinski definition) is 0. The highest BCUT2D eigenvalue weighted by molar-refractivity contribution is 5.15. The predicted octanol–water partition coefficient (Wildman–Crippen LogP) is 2.88. The van der Waals surface area contributed by atoms with Gasteiger partial charge in [0.05, 0.1) is 0 Å². The maximum absolute atomic E-state index is 3.54.